The maximum Gasteiger partial charge on any atom is 0.106 e. The van der Waals surface area contributed by atoms with E-state index in [4.69, 9.17) is 0 Å². The Kier molecular flexibility index (Phi) is 1.90. The van der Waals surface area contributed by atoms with E-state index >= 15 is 0 Å². The fourth-order valence-electron chi connectivity index (χ4n) is 0.536. The summed E-state index contributed by atoms with van der Waals surface area (Å²) in [7, 11) is 0. The van der Waals surface area contributed by atoms with E-state index in [-0.39, 0.29) is 0 Å². The zero-order valence-electron chi connectivity index (χ0n) is 3.95. The van der Waals surface area contributed by atoms with Crippen LogP contribution in [0.4, 0.5) is 0 Å². The molecule has 1 aliphatic rings. The van der Waals surface area contributed by atoms with E-state index < -0.39 is 0 Å². The number of amidine groups is 1. The highest BCUT2D eigenvalue weighted by atomic mass is 127. The van der Waals surface area contributed by atoms with Crippen molar-refractivity contribution < 1.29 is 0 Å². The lowest BCUT2D eigenvalue weighted by molar-refractivity contribution is 0.959. The van der Waals surface area contributed by atoms with Gasteiger partial charge < -0.3 is 5.32 Å². The predicted octanol–water partition coefficient (Wildman–Crippen LogP) is 0.423. The van der Waals surface area contributed by atoms with Crippen molar-refractivity contribution in [2.24, 2.45) is 4.99 Å². The molecule has 1 aliphatic heterocycles. The lowest BCUT2D eigenvalue weighted by Gasteiger charge is -1.90. The highest BCUT2D eigenvalue weighted by Crippen LogP contribution is 1.88. The van der Waals surface area contributed by atoms with Gasteiger partial charge in [-0.05, 0) is 0 Å². The number of rotatable bonds is 1. The van der Waals surface area contributed by atoms with Gasteiger partial charge in [-0.3, -0.25) is 4.99 Å². The molecule has 40 valence electrons. The van der Waals surface area contributed by atoms with Crippen molar-refractivity contribution in [3.63, 3.8) is 0 Å². The van der Waals surface area contributed by atoms with Crippen molar-refractivity contribution in [1.82, 2.24) is 5.32 Å². The first-order valence-electron chi connectivity index (χ1n) is 2.26. The molecule has 0 aromatic carbocycles. The van der Waals surface area contributed by atoms with Crippen LogP contribution in [0, 0.1) is 0 Å². The van der Waals surface area contributed by atoms with E-state index in [0.29, 0.717) is 0 Å². The number of nitrogens with zero attached hydrogens (tertiary/aromatic N) is 1. The average Bonchev–Trinajstić information content (AvgIpc) is 2.14. The zero-order chi connectivity index (χ0) is 5.11. The summed E-state index contributed by atoms with van der Waals surface area (Å²) in [6.45, 7) is 2.01. The lowest BCUT2D eigenvalue weighted by Crippen LogP contribution is -2.18. The molecule has 0 saturated heterocycles. The van der Waals surface area contributed by atoms with Gasteiger partial charge in [0.05, 0.1) is 11.0 Å². The van der Waals surface area contributed by atoms with Gasteiger partial charge >= 0.3 is 0 Å². The van der Waals surface area contributed by atoms with Gasteiger partial charge in [-0.1, -0.05) is 22.6 Å². The Morgan fingerprint density at radius 1 is 1.86 bits per heavy atom. The topological polar surface area (TPSA) is 24.4 Å². The molecular formula is C4H7IN2. The molecular weight excluding hydrogens is 203 g/mol. The summed E-state index contributed by atoms with van der Waals surface area (Å²) in [4.78, 5) is 4.15. The number of hydrogen-bond donors (Lipinski definition) is 1. The van der Waals surface area contributed by atoms with E-state index in [1.807, 2.05) is 0 Å². The van der Waals surface area contributed by atoms with Crippen molar-refractivity contribution in [3.8, 4) is 0 Å². The molecule has 1 rings (SSSR count). The quantitative estimate of drug-likeness (QED) is 0.492. The molecule has 7 heavy (non-hydrogen) atoms. The van der Waals surface area contributed by atoms with Crippen LogP contribution in [-0.2, 0) is 0 Å². The Labute approximate surface area is 56.5 Å². The molecule has 0 fully saturated rings. The summed E-state index contributed by atoms with van der Waals surface area (Å²) in [5, 5.41) is 3.15. The van der Waals surface area contributed by atoms with E-state index in [1.54, 1.807) is 0 Å². The molecule has 3 heteroatoms. The van der Waals surface area contributed by atoms with Crippen molar-refractivity contribution in [2.75, 3.05) is 17.5 Å². The number of halogens is 1. The summed E-state index contributed by atoms with van der Waals surface area (Å²) in [5.41, 5.74) is 0. The maximum absolute atomic E-state index is 4.15. The van der Waals surface area contributed by atoms with Crippen LogP contribution in [-0.4, -0.2) is 23.4 Å². The largest absolute Gasteiger partial charge is 0.371 e. The van der Waals surface area contributed by atoms with Gasteiger partial charge in [0.1, 0.15) is 5.84 Å². The van der Waals surface area contributed by atoms with Crippen LogP contribution in [0.25, 0.3) is 0 Å². The monoisotopic (exact) mass is 210 g/mol. The molecule has 1 N–H and O–H groups in total. The van der Waals surface area contributed by atoms with Crippen LogP contribution in [0.1, 0.15) is 0 Å². The van der Waals surface area contributed by atoms with Crippen LogP contribution in [0.5, 0.6) is 0 Å². The van der Waals surface area contributed by atoms with Gasteiger partial charge in [0, 0.05) is 6.54 Å². The second-order valence-electron chi connectivity index (χ2n) is 1.39. The summed E-state index contributed by atoms with van der Waals surface area (Å²) >= 11 is 2.30. The molecule has 0 unspecified atom stereocenters. The Morgan fingerprint density at radius 2 is 2.71 bits per heavy atom. The Hall–Kier alpha value is 0.200. The minimum absolute atomic E-state index is 0.971. The minimum atomic E-state index is 0.971. The van der Waals surface area contributed by atoms with Crippen LogP contribution in [0.3, 0.4) is 0 Å². The molecule has 0 bridgehead atoms. The van der Waals surface area contributed by atoms with Gasteiger partial charge in [-0.25, -0.2) is 0 Å². The predicted molar refractivity (Wildman–Crippen MR) is 39.2 cm³/mol. The Morgan fingerprint density at radius 3 is 3.00 bits per heavy atom. The van der Waals surface area contributed by atoms with Crippen molar-refractivity contribution >= 4 is 28.4 Å². The number of aliphatic imine (C=N–C) groups is 1. The number of nitrogens with one attached hydrogen (secondary N) is 1. The molecule has 0 saturated carbocycles. The normalized spacial score (nSPS) is 18.7. The van der Waals surface area contributed by atoms with Gasteiger partial charge in [0.25, 0.3) is 0 Å². The van der Waals surface area contributed by atoms with Crippen LogP contribution < -0.4 is 5.32 Å². The molecule has 0 spiro atoms. The number of alkyl halides is 1. The molecule has 0 atom stereocenters. The van der Waals surface area contributed by atoms with Crippen molar-refractivity contribution in [2.45, 2.75) is 0 Å². The molecule has 0 aromatic rings. The van der Waals surface area contributed by atoms with Crippen molar-refractivity contribution in [3.05, 3.63) is 0 Å². The van der Waals surface area contributed by atoms with Crippen LogP contribution >= 0.6 is 22.6 Å². The Balaban J connectivity index is 2.36. The lowest BCUT2D eigenvalue weighted by atomic mass is 10.7. The van der Waals surface area contributed by atoms with Gasteiger partial charge in [-0.15, -0.1) is 0 Å². The second kappa shape index (κ2) is 2.49. The second-order valence-corrected chi connectivity index (χ2v) is 2.15. The van der Waals surface area contributed by atoms with Gasteiger partial charge in [0.2, 0.25) is 0 Å². The van der Waals surface area contributed by atoms with Gasteiger partial charge in [0.15, 0.2) is 0 Å². The van der Waals surface area contributed by atoms with Crippen LogP contribution in [0.15, 0.2) is 4.99 Å². The third-order valence-corrected chi connectivity index (χ3v) is 1.59. The fraction of sp³-hybridized carbons (Fsp3) is 0.750. The highest BCUT2D eigenvalue weighted by Gasteiger charge is 1.99. The van der Waals surface area contributed by atoms with Gasteiger partial charge in [-0.2, -0.15) is 0 Å². The summed E-state index contributed by atoms with van der Waals surface area (Å²) in [5.74, 6) is 1.15. The maximum atomic E-state index is 4.15. The van der Waals surface area contributed by atoms with E-state index in [9.17, 15) is 0 Å². The highest BCUT2D eigenvalue weighted by molar-refractivity contribution is 14.1. The molecule has 1 heterocycles. The number of hydrogen-bond acceptors (Lipinski definition) is 2. The average molecular weight is 210 g/mol. The molecule has 0 aliphatic carbocycles. The Bertz CT molecular complexity index is 89.7. The SMILES string of the molecule is ICC1=NCCN1. The summed E-state index contributed by atoms with van der Waals surface area (Å²) in [6.07, 6.45) is 0. The first-order valence-corrected chi connectivity index (χ1v) is 3.79. The third kappa shape index (κ3) is 1.29. The summed E-state index contributed by atoms with van der Waals surface area (Å²) in [6, 6.07) is 0. The summed E-state index contributed by atoms with van der Waals surface area (Å²) < 4.78 is 1.03. The van der Waals surface area contributed by atoms with Crippen LogP contribution in [0.2, 0.25) is 0 Å². The molecule has 0 aromatic heterocycles. The van der Waals surface area contributed by atoms with Crippen molar-refractivity contribution in [1.29, 1.82) is 0 Å². The molecule has 0 amide bonds. The smallest absolute Gasteiger partial charge is 0.106 e. The minimum Gasteiger partial charge on any atom is -0.371 e. The van der Waals surface area contributed by atoms with E-state index in [1.165, 1.54) is 0 Å². The van der Waals surface area contributed by atoms with E-state index in [2.05, 4.69) is 32.9 Å². The first kappa shape index (κ1) is 5.34. The van der Waals surface area contributed by atoms with E-state index in [0.717, 1.165) is 23.4 Å². The zero-order valence-corrected chi connectivity index (χ0v) is 6.10. The third-order valence-electron chi connectivity index (χ3n) is 0.870. The standard InChI is InChI=1S/C4H7IN2/c5-3-4-6-1-2-7-4/h1-3H2,(H,6,7). The molecule has 2 nitrogen and oxygen atoms in total. The molecule has 0 radical (unpaired) electrons. The first-order chi connectivity index (χ1) is 3.43. The fourth-order valence-corrected chi connectivity index (χ4v) is 1.05.